The molecule has 7 nitrogen and oxygen atoms in total. The van der Waals surface area contributed by atoms with Gasteiger partial charge in [-0.05, 0) is 19.2 Å². The maximum absolute atomic E-state index is 11.5. The second-order valence-corrected chi connectivity index (χ2v) is 5.21. The van der Waals surface area contributed by atoms with E-state index in [2.05, 4.69) is 10.2 Å². The maximum atomic E-state index is 11.5. The van der Waals surface area contributed by atoms with Crippen molar-refractivity contribution in [1.29, 1.82) is 0 Å². The van der Waals surface area contributed by atoms with Crippen molar-refractivity contribution < 1.29 is 19.4 Å². The predicted molar refractivity (Wildman–Crippen MR) is 82.4 cm³/mol. The number of amides is 1. The zero-order valence-electron chi connectivity index (χ0n) is 12.8. The second-order valence-electron chi connectivity index (χ2n) is 5.21. The van der Waals surface area contributed by atoms with Crippen LogP contribution in [0.1, 0.15) is 6.42 Å². The van der Waals surface area contributed by atoms with Gasteiger partial charge in [-0.25, -0.2) is 4.79 Å². The summed E-state index contributed by atoms with van der Waals surface area (Å²) < 4.78 is 5.23. The predicted octanol–water partition coefficient (Wildman–Crippen LogP) is 1.000. The van der Waals surface area contributed by atoms with Crippen LogP contribution in [0.15, 0.2) is 24.3 Å². The molecule has 0 bridgehead atoms. The van der Waals surface area contributed by atoms with E-state index < -0.39 is 11.8 Å². The first-order chi connectivity index (χ1) is 10.6. The van der Waals surface area contributed by atoms with Crippen molar-refractivity contribution in [2.75, 3.05) is 38.7 Å². The number of benzene rings is 1. The summed E-state index contributed by atoms with van der Waals surface area (Å²) >= 11 is 0. The van der Waals surface area contributed by atoms with Crippen LogP contribution >= 0.6 is 0 Å². The molecule has 1 heterocycles. The molecule has 1 aromatic rings. The molecular weight excluding hydrogens is 286 g/mol. The number of methoxy groups -OCH3 is 1. The standard InChI is InChI=1S/C15H21N3O4/c1-16-15(6-9-19)11-17(7-8-18(15)14(20)21)12-4-3-5-13(10-12)22-2/h3-5,9-10,16H,6-8,11H2,1-2H3,(H,20,21). The summed E-state index contributed by atoms with van der Waals surface area (Å²) in [4.78, 5) is 25.9. The number of carboxylic acid groups (broad SMARTS) is 1. The molecule has 0 saturated carbocycles. The molecule has 1 atom stereocenters. The highest BCUT2D eigenvalue weighted by Gasteiger charge is 2.43. The van der Waals surface area contributed by atoms with E-state index in [9.17, 15) is 14.7 Å². The molecule has 1 amide bonds. The van der Waals surface area contributed by atoms with Crippen molar-refractivity contribution in [3.8, 4) is 5.75 Å². The Morgan fingerprint density at radius 2 is 2.27 bits per heavy atom. The van der Waals surface area contributed by atoms with Gasteiger partial charge in [-0.1, -0.05) is 6.07 Å². The first-order valence-corrected chi connectivity index (χ1v) is 7.08. The molecule has 7 heteroatoms. The average molecular weight is 307 g/mol. The number of carbonyl (C=O) groups is 2. The molecule has 0 radical (unpaired) electrons. The van der Waals surface area contributed by atoms with Gasteiger partial charge in [0.1, 0.15) is 17.7 Å². The number of piperazine rings is 1. The van der Waals surface area contributed by atoms with Gasteiger partial charge in [0.25, 0.3) is 0 Å². The van der Waals surface area contributed by atoms with Crippen LogP contribution in [0.3, 0.4) is 0 Å². The lowest BCUT2D eigenvalue weighted by Gasteiger charge is -2.49. The number of hydrogen-bond donors (Lipinski definition) is 2. The Morgan fingerprint density at radius 3 is 2.86 bits per heavy atom. The maximum Gasteiger partial charge on any atom is 0.408 e. The van der Waals surface area contributed by atoms with E-state index in [1.807, 2.05) is 24.3 Å². The number of likely N-dealkylation sites (N-methyl/N-ethyl adjacent to an activating group) is 1. The van der Waals surface area contributed by atoms with Gasteiger partial charge >= 0.3 is 6.09 Å². The molecule has 0 aromatic heterocycles. The van der Waals surface area contributed by atoms with Crippen molar-refractivity contribution in [3.63, 3.8) is 0 Å². The van der Waals surface area contributed by atoms with E-state index in [0.29, 0.717) is 19.6 Å². The minimum absolute atomic E-state index is 0.0935. The highest BCUT2D eigenvalue weighted by Crippen LogP contribution is 2.28. The normalized spacial score (nSPS) is 21.5. The summed E-state index contributed by atoms with van der Waals surface area (Å²) in [7, 11) is 3.28. The molecule has 2 rings (SSSR count). The fraction of sp³-hybridized carbons (Fsp3) is 0.467. The summed E-state index contributed by atoms with van der Waals surface area (Å²) in [5.74, 6) is 0.739. The van der Waals surface area contributed by atoms with E-state index in [0.717, 1.165) is 17.7 Å². The molecule has 1 unspecified atom stereocenters. The summed E-state index contributed by atoms with van der Waals surface area (Å²) in [6.07, 6.45) is -0.181. The van der Waals surface area contributed by atoms with Crippen LogP contribution in [0.4, 0.5) is 10.5 Å². The Bertz CT molecular complexity index is 551. The van der Waals surface area contributed by atoms with Gasteiger partial charge in [0.15, 0.2) is 0 Å². The Labute approximate surface area is 129 Å². The molecule has 0 aliphatic carbocycles. The fourth-order valence-corrected chi connectivity index (χ4v) is 2.85. The first kappa shape index (κ1) is 16.1. The number of ether oxygens (including phenoxy) is 1. The Kier molecular flexibility index (Phi) is 4.87. The number of rotatable bonds is 5. The summed E-state index contributed by atoms with van der Waals surface area (Å²) in [5.41, 5.74) is 0.0180. The summed E-state index contributed by atoms with van der Waals surface area (Å²) in [5, 5.41) is 12.4. The molecule has 22 heavy (non-hydrogen) atoms. The minimum atomic E-state index is -1.03. The quantitative estimate of drug-likeness (QED) is 0.790. The van der Waals surface area contributed by atoms with Crippen molar-refractivity contribution >= 4 is 18.1 Å². The molecule has 1 aliphatic rings. The van der Waals surface area contributed by atoms with Gasteiger partial charge in [-0.15, -0.1) is 0 Å². The van der Waals surface area contributed by atoms with Crippen LogP contribution in [0.25, 0.3) is 0 Å². The molecule has 0 spiro atoms. The van der Waals surface area contributed by atoms with Crippen LogP contribution in [0.2, 0.25) is 0 Å². The molecule has 1 aliphatic heterocycles. The number of carbonyl (C=O) groups excluding carboxylic acids is 1. The Morgan fingerprint density at radius 1 is 1.50 bits per heavy atom. The van der Waals surface area contributed by atoms with Gasteiger partial charge in [0, 0.05) is 31.3 Å². The minimum Gasteiger partial charge on any atom is -0.497 e. The highest BCUT2D eigenvalue weighted by molar-refractivity contribution is 5.68. The highest BCUT2D eigenvalue weighted by atomic mass is 16.5. The lowest BCUT2D eigenvalue weighted by Crippen LogP contribution is -2.69. The zero-order valence-corrected chi connectivity index (χ0v) is 12.8. The van der Waals surface area contributed by atoms with Crippen LogP contribution in [0, 0.1) is 0 Å². The third kappa shape index (κ3) is 2.99. The summed E-state index contributed by atoms with van der Waals surface area (Å²) in [6, 6.07) is 7.59. The van der Waals surface area contributed by atoms with Crippen molar-refractivity contribution in [1.82, 2.24) is 10.2 Å². The van der Waals surface area contributed by atoms with Gasteiger partial charge in [-0.2, -0.15) is 0 Å². The topological polar surface area (TPSA) is 82.1 Å². The van der Waals surface area contributed by atoms with Crippen molar-refractivity contribution in [2.45, 2.75) is 12.1 Å². The van der Waals surface area contributed by atoms with E-state index in [-0.39, 0.29) is 6.42 Å². The molecular formula is C15H21N3O4. The lowest BCUT2D eigenvalue weighted by atomic mass is 10.0. The van der Waals surface area contributed by atoms with Crippen molar-refractivity contribution in [3.05, 3.63) is 24.3 Å². The smallest absolute Gasteiger partial charge is 0.408 e. The number of nitrogens with one attached hydrogen (secondary N) is 1. The molecule has 120 valence electrons. The number of aldehydes is 1. The zero-order chi connectivity index (χ0) is 16.2. The van der Waals surface area contributed by atoms with Crippen LogP contribution in [0.5, 0.6) is 5.75 Å². The van der Waals surface area contributed by atoms with Gasteiger partial charge < -0.3 is 19.5 Å². The van der Waals surface area contributed by atoms with Crippen molar-refractivity contribution in [2.24, 2.45) is 0 Å². The van der Waals surface area contributed by atoms with E-state index in [1.165, 1.54) is 4.90 Å². The third-order valence-corrected chi connectivity index (χ3v) is 4.10. The monoisotopic (exact) mass is 307 g/mol. The van der Waals surface area contributed by atoms with Gasteiger partial charge in [0.05, 0.1) is 13.7 Å². The fourth-order valence-electron chi connectivity index (χ4n) is 2.85. The Hall–Kier alpha value is -2.28. The number of hydrogen-bond acceptors (Lipinski definition) is 5. The number of anilines is 1. The van der Waals surface area contributed by atoms with Gasteiger partial charge in [-0.3, -0.25) is 10.2 Å². The summed E-state index contributed by atoms with van der Waals surface area (Å²) in [6.45, 7) is 1.27. The van der Waals surface area contributed by atoms with Crippen LogP contribution < -0.4 is 15.0 Å². The molecule has 1 saturated heterocycles. The molecule has 2 N–H and O–H groups in total. The molecule has 1 aromatic carbocycles. The second kappa shape index (κ2) is 6.65. The van der Waals surface area contributed by atoms with E-state index >= 15 is 0 Å². The molecule has 1 fully saturated rings. The number of nitrogens with zero attached hydrogens (tertiary/aromatic N) is 2. The Balaban J connectivity index is 2.30. The van der Waals surface area contributed by atoms with Gasteiger partial charge in [0.2, 0.25) is 0 Å². The largest absolute Gasteiger partial charge is 0.497 e. The first-order valence-electron chi connectivity index (χ1n) is 7.08. The van der Waals surface area contributed by atoms with Crippen LogP contribution in [-0.2, 0) is 4.79 Å². The van der Waals surface area contributed by atoms with Crippen LogP contribution in [-0.4, -0.2) is 61.8 Å². The lowest BCUT2D eigenvalue weighted by molar-refractivity contribution is -0.110. The SMILES string of the molecule is CNC1(CC=O)CN(c2cccc(OC)c2)CCN1C(=O)O. The third-order valence-electron chi connectivity index (χ3n) is 4.10. The van der Waals surface area contributed by atoms with E-state index in [1.54, 1.807) is 14.2 Å². The average Bonchev–Trinajstić information content (AvgIpc) is 2.54. The van der Waals surface area contributed by atoms with E-state index in [4.69, 9.17) is 4.74 Å².